The van der Waals surface area contributed by atoms with Crippen LogP contribution in [0.25, 0.3) is 38.8 Å². The third-order valence-corrected chi connectivity index (χ3v) is 31.8. The molecule has 4 fully saturated rings. The highest BCUT2D eigenvalue weighted by Gasteiger charge is 2.34. The molecule has 3 saturated heterocycles. The normalized spacial score (nSPS) is 16.1. The molecular formula is C95H117F2N25O10S4. The molecule has 1 saturated carbocycles. The van der Waals surface area contributed by atoms with Crippen LogP contribution >= 0.6 is 11.8 Å². The lowest BCUT2D eigenvalue weighted by molar-refractivity contribution is 0.114. The summed E-state index contributed by atoms with van der Waals surface area (Å²) in [6, 6.07) is 32.8. The van der Waals surface area contributed by atoms with Gasteiger partial charge in [0.15, 0.2) is 0 Å². The van der Waals surface area contributed by atoms with Crippen molar-refractivity contribution in [2.24, 2.45) is 0 Å². The summed E-state index contributed by atoms with van der Waals surface area (Å²) >= 11 is 1.75. The maximum atomic E-state index is 15.2. The van der Waals surface area contributed by atoms with E-state index in [0.717, 1.165) is 96.5 Å². The number of nitrogens with one attached hydrogen (secondary N) is 4. The summed E-state index contributed by atoms with van der Waals surface area (Å²) in [5.41, 5.74) is 5.54. The van der Waals surface area contributed by atoms with Gasteiger partial charge in [0.25, 0.3) is 36.7 Å². The third-order valence-electron chi connectivity index (χ3n) is 25.1. The van der Waals surface area contributed by atoms with E-state index in [1.54, 1.807) is 134 Å². The molecule has 720 valence electrons. The number of anilines is 8. The second kappa shape index (κ2) is 42.9. The van der Waals surface area contributed by atoms with Crippen LogP contribution in [0.3, 0.4) is 0 Å². The topological polar surface area (TPSA) is 376 Å². The standard InChI is InChI=1S/C33H43N7O4S.C32H36FN9O3S.C30H38FN9O3S2/c1-4-23(5-2)30-18-24-19-35-33(36-25-10-12-27(13-11-25)44-28-14-16-38(3)17-15-28)37-31(24)39(32(30)41)21-26-20-34-22-40(26)45(42,43)29-8-6-7-9-29;1-4-39(5-2)28-17-23-19-36-32(37-24-11-12-27(26(33)18-24)40-15-13-34-22(3)20-40)38-30(23)41(31(28)43)21-29-35-14-16-42(29)46(44,45)25-9-7-6-8-10-25;1-20(37(4)5)25-15-21-17-32-30(34-22-7-8-24(26(31)16-22)27-19-38(6)11-13-44-27)35-28(21)39(29(25)41)18-23-9-10-33-40(23)45(42,43)14-12-36(2)3/h10-13,18-20,22-23,28-29H,4-9,14-17,21H2,1-3H3,(H,35,36,37);6-12,14,16-19,22,34H,4-5,13,15,20-21H2,1-3H3,(H,36,37,38);7-10,15-17,27H,1,11-14,18-19H2,2-6H3,(H,32,34,35). The second-order valence-electron chi connectivity index (χ2n) is 35.0. The van der Waals surface area contributed by atoms with Crippen molar-refractivity contribution in [3.05, 3.63) is 248 Å². The highest BCUT2D eigenvalue weighted by atomic mass is 32.2. The zero-order valence-corrected chi connectivity index (χ0v) is 81.6. The molecule has 0 radical (unpaired) electrons. The van der Waals surface area contributed by atoms with Crippen molar-refractivity contribution in [3.8, 4) is 5.75 Å². The number of rotatable bonds is 32. The Kier molecular flexibility index (Phi) is 31.0. The van der Waals surface area contributed by atoms with Gasteiger partial charge in [-0.2, -0.15) is 35.9 Å². The predicted octanol–water partition coefficient (Wildman–Crippen LogP) is 12.0. The number of hydrogen-bond acceptors (Lipinski definition) is 30. The molecule has 4 aromatic carbocycles. The van der Waals surface area contributed by atoms with Crippen LogP contribution in [0.5, 0.6) is 5.75 Å². The third kappa shape index (κ3) is 22.3. The molecule has 0 bridgehead atoms. The van der Waals surface area contributed by atoms with Crippen LogP contribution in [-0.2, 0) is 49.7 Å². The van der Waals surface area contributed by atoms with Crippen LogP contribution in [0.1, 0.15) is 131 Å². The number of halogens is 2. The molecule has 13 aromatic rings. The Morgan fingerprint density at radius 1 is 0.625 bits per heavy atom. The molecule has 0 amide bonds. The van der Waals surface area contributed by atoms with E-state index in [1.807, 2.05) is 61.0 Å². The lowest BCUT2D eigenvalue weighted by Crippen LogP contribution is -2.49. The van der Waals surface area contributed by atoms with E-state index < -0.39 is 40.9 Å². The number of thioether (sulfide) groups is 1. The number of nitrogens with zero attached hydrogens (tertiary/aromatic N) is 21. The van der Waals surface area contributed by atoms with Crippen LogP contribution in [0, 0.1) is 11.6 Å². The molecule has 12 heterocycles. The van der Waals surface area contributed by atoms with Gasteiger partial charge < -0.3 is 55.4 Å². The van der Waals surface area contributed by atoms with Crippen LogP contribution in [0.2, 0.25) is 0 Å². The first kappa shape index (κ1) is 98.1. The maximum absolute atomic E-state index is 15.2. The molecule has 1 aliphatic carbocycles. The first-order valence-electron chi connectivity index (χ1n) is 45.8. The van der Waals surface area contributed by atoms with E-state index in [-0.39, 0.29) is 105 Å². The number of piperazine rings is 1. The Balaban J connectivity index is 0.000000155. The zero-order valence-electron chi connectivity index (χ0n) is 78.3. The first-order valence-corrected chi connectivity index (χ1v) is 51.4. The minimum absolute atomic E-state index is 0.0225. The van der Waals surface area contributed by atoms with Crippen molar-refractivity contribution in [1.29, 1.82) is 0 Å². The number of piperidine rings is 1. The Morgan fingerprint density at radius 3 is 1.84 bits per heavy atom. The molecule has 2 unspecified atom stereocenters. The Bertz CT molecular complexity index is 7020. The number of likely N-dealkylation sites (N-methyl/N-ethyl adjacent to an activating group) is 1. The fourth-order valence-corrected chi connectivity index (χ4v) is 23.4. The Hall–Kier alpha value is -12.4. The average molecular weight is 1940 g/mol. The Morgan fingerprint density at radius 2 is 1.23 bits per heavy atom. The number of imidazole rings is 2. The summed E-state index contributed by atoms with van der Waals surface area (Å²) in [6.45, 7) is 21.4. The van der Waals surface area contributed by atoms with Crippen molar-refractivity contribution in [3.63, 3.8) is 0 Å². The van der Waals surface area contributed by atoms with Gasteiger partial charge in [0.2, 0.25) is 27.9 Å². The molecular weight excluding hydrogens is 1820 g/mol. The van der Waals surface area contributed by atoms with E-state index in [1.165, 1.54) is 68.5 Å². The molecule has 4 aliphatic rings. The SMILES string of the molecule is C=C(c1cc2cnc(Nc3ccc(C4CN(C)CCS4)c(F)c3)nc2n(Cc2ccnn2S(=O)(=O)CCN(C)C)c1=O)N(C)C.CCC(CC)c1cc2cnc(Nc3ccc(OC4CCN(C)CC4)cc3)nc2n(Cc2cncn2S(=O)(=O)C2CCCC2)c1=O.CCN(CC)c1cc2cnc(Nc3ccc(N4CCNC(C)C4)c(F)c3)nc2n(Cc2nccn2S(=O)(=O)c2ccccc2)c1=O. The van der Waals surface area contributed by atoms with Gasteiger partial charge in [0.1, 0.15) is 58.3 Å². The number of ether oxygens (including phenoxy) is 1. The molecule has 17 rings (SSSR count). The molecule has 35 nitrogen and oxygen atoms in total. The van der Waals surface area contributed by atoms with Crippen molar-refractivity contribution >= 4 is 127 Å². The van der Waals surface area contributed by atoms with Crippen LogP contribution in [0.15, 0.2) is 191 Å². The fourth-order valence-electron chi connectivity index (χ4n) is 17.4. The summed E-state index contributed by atoms with van der Waals surface area (Å²) in [5.74, 6) is 1.77. The van der Waals surface area contributed by atoms with E-state index in [4.69, 9.17) is 9.72 Å². The number of pyridine rings is 3. The quantitative estimate of drug-likeness (QED) is 0.0304. The summed E-state index contributed by atoms with van der Waals surface area (Å²) in [7, 11) is -0.0999. The van der Waals surface area contributed by atoms with Gasteiger partial charge in [-0.05, 0) is 184 Å². The van der Waals surface area contributed by atoms with Crippen LogP contribution in [-0.4, -0.2) is 252 Å². The summed E-state index contributed by atoms with van der Waals surface area (Å²) in [6.07, 6.45) is 18.8. The van der Waals surface area contributed by atoms with Gasteiger partial charge >= 0.3 is 0 Å². The highest BCUT2D eigenvalue weighted by molar-refractivity contribution is 7.99. The smallest absolute Gasteiger partial charge is 0.276 e. The van der Waals surface area contributed by atoms with E-state index in [9.17, 15) is 39.6 Å². The molecule has 0 spiro atoms. The number of aromatic nitrogens is 15. The van der Waals surface area contributed by atoms with E-state index in [2.05, 4.69) is 105 Å². The predicted molar refractivity (Wildman–Crippen MR) is 531 cm³/mol. The highest BCUT2D eigenvalue weighted by Crippen LogP contribution is 2.37. The van der Waals surface area contributed by atoms with Gasteiger partial charge in [-0.3, -0.25) is 28.1 Å². The number of benzene rings is 4. The van der Waals surface area contributed by atoms with Crippen molar-refractivity contribution in [2.45, 2.75) is 139 Å². The first-order chi connectivity index (χ1) is 65.3. The summed E-state index contributed by atoms with van der Waals surface area (Å²) < 4.78 is 125. The van der Waals surface area contributed by atoms with Crippen LogP contribution in [0.4, 0.5) is 55.1 Å². The van der Waals surface area contributed by atoms with Gasteiger partial charge in [-0.15, -0.1) is 0 Å². The molecule has 4 N–H and O–H groups in total. The number of hydrogen-bond donors (Lipinski definition) is 4. The van der Waals surface area contributed by atoms with Crippen molar-refractivity contribution in [2.75, 3.05) is 145 Å². The van der Waals surface area contributed by atoms with E-state index >= 15 is 8.78 Å². The van der Waals surface area contributed by atoms with Gasteiger partial charge in [0.05, 0.1) is 70.6 Å². The van der Waals surface area contributed by atoms with E-state index in [0.29, 0.717) is 130 Å². The minimum atomic E-state index is -3.98. The summed E-state index contributed by atoms with van der Waals surface area (Å²) in [4.78, 5) is 90.1. The number of fused-ring (bicyclic) bond motifs is 3. The zero-order chi connectivity index (χ0) is 96.4. The maximum Gasteiger partial charge on any atom is 0.276 e. The van der Waals surface area contributed by atoms with Gasteiger partial charge in [-0.1, -0.05) is 57.5 Å². The lowest BCUT2D eigenvalue weighted by atomic mass is 9.94. The largest absolute Gasteiger partial charge is 0.490 e. The van der Waals surface area contributed by atoms with Gasteiger partial charge in [-0.25, -0.2) is 66.9 Å². The van der Waals surface area contributed by atoms with Crippen molar-refractivity contribution < 1.29 is 38.8 Å². The molecule has 3 aliphatic heterocycles. The lowest BCUT2D eigenvalue weighted by Gasteiger charge is -2.33. The average Bonchev–Trinajstić information content (AvgIpc) is 1.77. The Labute approximate surface area is 794 Å². The second-order valence-corrected chi connectivity index (χ2v) is 42.2. The summed E-state index contributed by atoms with van der Waals surface area (Å²) in [5, 5.41) is 18.3. The fraction of sp³-hybridized carbons (Fsp3) is 0.411. The van der Waals surface area contributed by atoms with Gasteiger partial charge in [0, 0.05) is 178 Å². The molecule has 136 heavy (non-hydrogen) atoms. The number of likely N-dealkylation sites (tertiary alicyclic amines) is 1. The molecule has 41 heteroatoms. The minimum Gasteiger partial charge on any atom is -0.490 e. The van der Waals surface area contributed by atoms with Crippen LogP contribution < -0.4 is 52.5 Å². The molecule has 9 aromatic heterocycles. The van der Waals surface area contributed by atoms with Crippen molar-refractivity contribution in [1.82, 2.24) is 95.6 Å². The monoisotopic (exact) mass is 1930 g/mol. The molecule has 2 atom stereocenters.